The van der Waals surface area contributed by atoms with E-state index in [1.807, 2.05) is 13.0 Å². The molecular formula is C17H18BrClN2O4S. The van der Waals surface area contributed by atoms with Crippen LogP contribution in [0, 0.1) is 6.92 Å². The van der Waals surface area contributed by atoms with Gasteiger partial charge in [-0.25, -0.2) is 8.42 Å². The van der Waals surface area contributed by atoms with Crippen molar-refractivity contribution in [3.05, 3.63) is 51.5 Å². The van der Waals surface area contributed by atoms with Gasteiger partial charge in [0.25, 0.3) is 0 Å². The Morgan fingerprint density at radius 1 is 1.27 bits per heavy atom. The molecule has 0 saturated heterocycles. The van der Waals surface area contributed by atoms with E-state index in [9.17, 15) is 13.2 Å². The number of nitrogens with one attached hydrogen (secondary N) is 1. The van der Waals surface area contributed by atoms with E-state index in [4.69, 9.17) is 16.3 Å². The van der Waals surface area contributed by atoms with E-state index in [0.29, 0.717) is 11.4 Å². The minimum absolute atomic E-state index is 0.252. The van der Waals surface area contributed by atoms with Crippen molar-refractivity contribution in [2.45, 2.75) is 6.92 Å². The number of ether oxygens (including phenoxy) is 1. The van der Waals surface area contributed by atoms with Gasteiger partial charge in [-0.1, -0.05) is 27.5 Å². The Morgan fingerprint density at radius 3 is 2.50 bits per heavy atom. The van der Waals surface area contributed by atoms with Gasteiger partial charge >= 0.3 is 0 Å². The largest absolute Gasteiger partial charge is 0.495 e. The minimum Gasteiger partial charge on any atom is -0.495 e. The fraction of sp³-hybridized carbons (Fsp3) is 0.235. The molecule has 2 rings (SSSR count). The average molecular weight is 462 g/mol. The van der Waals surface area contributed by atoms with Gasteiger partial charge in [0.05, 0.1) is 24.1 Å². The van der Waals surface area contributed by atoms with Crippen molar-refractivity contribution in [3.8, 4) is 5.75 Å². The van der Waals surface area contributed by atoms with E-state index in [-0.39, 0.29) is 17.3 Å². The second-order valence-electron chi connectivity index (χ2n) is 5.60. The number of nitrogens with zero attached hydrogens (tertiary/aromatic N) is 1. The molecule has 1 N–H and O–H groups in total. The number of carbonyl (C=O) groups is 1. The molecule has 6 nitrogen and oxygen atoms in total. The molecular weight excluding hydrogens is 444 g/mol. The highest BCUT2D eigenvalue weighted by atomic mass is 79.9. The number of amides is 1. The summed E-state index contributed by atoms with van der Waals surface area (Å²) in [6, 6.07) is 9.84. The first-order valence-corrected chi connectivity index (χ1v) is 10.5. The predicted octanol–water partition coefficient (Wildman–Crippen LogP) is 3.82. The fourth-order valence-electron chi connectivity index (χ4n) is 2.26. The molecule has 0 bridgehead atoms. The number of rotatable bonds is 6. The Morgan fingerprint density at radius 2 is 1.96 bits per heavy atom. The summed E-state index contributed by atoms with van der Waals surface area (Å²) in [7, 11) is -2.23. The van der Waals surface area contributed by atoms with Crippen molar-refractivity contribution >= 4 is 54.8 Å². The first-order chi connectivity index (χ1) is 12.1. The molecule has 2 aromatic rings. The molecule has 1 amide bonds. The van der Waals surface area contributed by atoms with Crippen LogP contribution < -0.4 is 14.4 Å². The molecule has 0 aliphatic rings. The summed E-state index contributed by atoms with van der Waals surface area (Å²) < 4.78 is 31.3. The third-order valence-corrected chi connectivity index (χ3v) is 5.88. The van der Waals surface area contributed by atoms with Crippen molar-refractivity contribution in [2.75, 3.05) is 29.5 Å². The zero-order valence-electron chi connectivity index (χ0n) is 14.4. The number of hydrogen-bond acceptors (Lipinski definition) is 4. The number of hydrogen-bond donors (Lipinski definition) is 1. The van der Waals surface area contributed by atoms with Crippen molar-refractivity contribution in [3.63, 3.8) is 0 Å². The maximum Gasteiger partial charge on any atom is 0.245 e. The molecule has 0 spiro atoms. The van der Waals surface area contributed by atoms with Gasteiger partial charge < -0.3 is 10.1 Å². The number of methoxy groups -OCH3 is 1. The van der Waals surface area contributed by atoms with Gasteiger partial charge in [0.2, 0.25) is 15.9 Å². The molecule has 26 heavy (non-hydrogen) atoms. The molecule has 0 saturated carbocycles. The van der Waals surface area contributed by atoms with E-state index in [0.717, 1.165) is 20.6 Å². The zero-order chi connectivity index (χ0) is 19.5. The third kappa shape index (κ3) is 5.12. The molecule has 0 heterocycles. The molecule has 0 aliphatic heterocycles. The van der Waals surface area contributed by atoms with Crippen LogP contribution >= 0.6 is 27.5 Å². The van der Waals surface area contributed by atoms with Crippen LogP contribution in [-0.2, 0) is 14.8 Å². The highest BCUT2D eigenvalue weighted by molar-refractivity contribution is 9.10. The highest BCUT2D eigenvalue weighted by Crippen LogP contribution is 2.30. The third-order valence-electron chi connectivity index (χ3n) is 3.55. The molecule has 140 valence electrons. The number of benzene rings is 2. The van der Waals surface area contributed by atoms with E-state index in [1.165, 1.54) is 19.2 Å². The van der Waals surface area contributed by atoms with Crippen LogP contribution in [0.1, 0.15) is 5.56 Å². The lowest BCUT2D eigenvalue weighted by Gasteiger charge is -2.22. The molecule has 0 atom stereocenters. The fourth-order valence-corrected chi connectivity index (χ4v) is 3.61. The Hall–Kier alpha value is -1.77. The quantitative estimate of drug-likeness (QED) is 0.709. The first kappa shape index (κ1) is 20.5. The topological polar surface area (TPSA) is 75.7 Å². The SMILES string of the molecule is COc1ccc(N(CC(=O)Nc2ccc(Br)c(C)c2)S(C)(=O)=O)cc1Cl. The average Bonchev–Trinajstić information content (AvgIpc) is 2.55. The lowest BCUT2D eigenvalue weighted by Crippen LogP contribution is -2.37. The Labute approximate surface area is 166 Å². The maximum absolute atomic E-state index is 12.4. The Bertz CT molecular complexity index is 934. The van der Waals surface area contributed by atoms with Crippen LogP contribution in [0.3, 0.4) is 0 Å². The van der Waals surface area contributed by atoms with E-state index in [1.54, 1.807) is 18.2 Å². The molecule has 0 fully saturated rings. The van der Waals surface area contributed by atoms with Crippen molar-refractivity contribution in [2.24, 2.45) is 0 Å². The monoisotopic (exact) mass is 460 g/mol. The smallest absolute Gasteiger partial charge is 0.245 e. The van der Waals surface area contributed by atoms with Crippen LogP contribution in [0.4, 0.5) is 11.4 Å². The number of sulfonamides is 1. The molecule has 0 radical (unpaired) electrons. The predicted molar refractivity (Wildman–Crippen MR) is 108 cm³/mol. The minimum atomic E-state index is -3.69. The summed E-state index contributed by atoms with van der Waals surface area (Å²) in [5.41, 5.74) is 1.81. The summed E-state index contributed by atoms with van der Waals surface area (Å²) in [5, 5.41) is 2.95. The van der Waals surface area contributed by atoms with Crippen LogP contribution in [0.5, 0.6) is 5.75 Å². The number of aryl methyl sites for hydroxylation is 1. The molecule has 0 aromatic heterocycles. The van der Waals surface area contributed by atoms with E-state index < -0.39 is 15.9 Å². The number of carbonyl (C=O) groups excluding carboxylic acids is 1. The first-order valence-electron chi connectivity index (χ1n) is 7.49. The van der Waals surface area contributed by atoms with E-state index >= 15 is 0 Å². The second kappa shape index (κ2) is 8.28. The molecule has 0 unspecified atom stereocenters. The van der Waals surface area contributed by atoms with Crippen LogP contribution in [0.15, 0.2) is 40.9 Å². The Kier molecular flexibility index (Phi) is 6.54. The normalized spacial score (nSPS) is 11.1. The summed E-state index contributed by atoms with van der Waals surface area (Å²) in [4.78, 5) is 12.4. The van der Waals surface area contributed by atoms with Crippen molar-refractivity contribution < 1.29 is 17.9 Å². The van der Waals surface area contributed by atoms with Crippen LogP contribution in [0.2, 0.25) is 5.02 Å². The molecule has 9 heteroatoms. The van der Waals surface area contributed by atoms with Gasteiger partial charge in [-0.05, 0) is 48.9 Å². The standard InChI is InChI=1S/C17H18BrClN2O4S/c1-11-8-12(4-6-14(11)18)20-17(22)10-21(26(3,23)24)13-5-7-16(25-2)15(19)9-13/h4-9H,10H2,1-3H3,(H,20,22). The lowest BCUT2D eigenvalue weighted by molar-refractivity contribution is -0.114. The van der Waals surface area contributed by atoms with Gasteiger partial charge in [0, 0.05) is 10.2 Å². The molecule has 2 aromatic carbocycles. The lowest BCUT2D eigenvalue weighted by atomic mass is 10.2. The van der Waals surface area contributed by atoms with E-state index in [2.05, 4.69) is 21.2 Å². The van der Waals surface area contributed by atoms with Crippen LogP contribution in [-0.4, -0.2) is 34.2 Å². The van der Waals surface area contributed by atoms with Gasteiger partial charge in [-0.3, -0.25) is 9.10 Å². The summed E-state index contributed by atoms with van der Waals surface area (Å²) in [5.74, 6) is -0.0530. The summed E-state index contributed by atoms with van der Waals surface area (Å²) in [6.45, 7) is 1.51. The van der Waals surface area contributed by atoms with Gasteiger partial charge in [-0.2, -0.15) is 0 Å². The Balaban J connectivity index is 2.24. The zero-order valence-corrected chi connectivity index (χ0v) is 17.6. The van der Waals surface area contributed by atoms with Gasteiger partial charge in [0.1, 0.15) is 12.3 Å². The maximum atomic E-state index is 12.4. The second-order valence-corrected chi connectivity index (χ2v) is 8.77. The molecule has 0 aliphatic carbocycles. The highest BCUT2D eigenvalue weighted by Gasteiger charge is 2.22. The van der Waals surface area contributed by atoms with Crippen molar-refractivity contribution in [1.82, 2.24) is 0 Å². The van der Waals surface area contributed by atoms with Gasteiger partial charge in [-0.15, -0.1) is 0 Å². The summed E-state index contributed by atoms with van der Waals surface area (Å²) in [6.07, 6.45) is 1.03. The van der Waals surface area contributed by atoms with Crippen LogP contribution in [0.25, 0.3) is 0 Å². The number of anilines is 2. The summed E-state index contributed by atoms with van der Waals surface area (Å²) >= 11 is 9.46. The van der Waals surface area contributed by atoms with Gasteiger partial charge in [0.15, 0.2) is 0 Å². The van der Waals surface area contributed by atoms with Crippen molar-refractivity contribution in [1.29, 1.82) is 0 Å². The number of halogens is 2.